The molecule has 6 aliphatic rings. The molecule has 12 rings (SSSR count). The Morgan fingerprint density at radius 3 is 1.84 bits per heavy atom. The van der Waals surface area contributed by atoms with E-state index >= 15 is 0 Å². The topological polar surface area (TPSA) is 210 Å². The quantitative estimate of drug-likeness (QED) is 0.115. The molecule has 6 aromatic rings. The smallest absolute Gasteiger partial charge is 0.416 e. The first-order valence-electron chi connectivity index (χ1n) is 26.0. The molecule has 4 atom stereocenters. The summed E-state index contributed by atoms with van der Waals surface area (Å²) >= 11 is 0. The number of aromatic nitrogens is 6. The van der Waals surface area contributed by atoms with Crippen LogP contribution in [0.3, 0.4) is 0 Å². The van der Waals surface area contributed by atoms with Gasteiger partial charge in [0, 0.05) is 55.5 Å². The minimum atomic E-state index is -4.50. The molecular formula is C55H60F6N12O7. The van der Waals surface area contributed by atoms with Crippen molar-refractivity contribution in [3.63, 3.8) is 0 Å². The number of nitrogens with one attached hydrogen (secondary N) is 2. The van der Waals surface area contributed by atoms with Gasteiger partial charge in [-0.05, 0) is 78.6 Å². The van der Waals surface area contributed by atoms with Gasteiger partial charge in [0.05, 0.1) is 77.9 Å². The van der Waals surface area contributed by atoms with Crippen LogP contribution in [0, 0.1) is 13.8 Å². The van der Waals surface area contributed by atoms with E-state index in [2.05, 4.69) is 50.3 Å². The van der Waals surface area contributed by atoms with Crippen LogP contribution in [-0.4, -0.2) is 124 Å². The normalized spacial score (nSPS) is 21.1. The van der Waals surface area contributed by atoms with Gasteiger partial charge in [0.25, 0.3) is 0 Å². The standard InChI is InChI=1S/C28H29F3N6O4.C16H15F3N4.C11H16N2O3/c1-16-23-25(35-24(33-16)17-5-4-6-18(9-17)28(29,30)31)37(20-7-8-36(23)13-20)26(38)34-19-10-21(12-32-11-19)39-14-22-15-40-27(2,3)41-22;1-9-13-15(21-12-5-6-23(13)8-12)22-14(20-9)10-3-2-4-11(7-10)16(17,18)19;1-11(2)15-7-10(16-11)6-14-9-3-8(12)4-13-5-9/h4-6,9-12,20,22H,7-8,13-15H2,1-3H3,(H,34,38);2-4,7,12H,5-6,8H2,1H3,(H,20,21,22);3-5,10H,6-7,12H2,1-2H3/t20-,22+;12-;10-/m001/s1. The Morgan fingerprint density at radius 1 is 0.713 bits per heavy atom. The zero-order valence-corrected chi connectivity index (χ0v) is 44.7. The van der Waals surface area contributed by atoms with Gasteiger partial charge >= 0.3 is 18.4 Å². The number of nitrogens with two attached hydrogens (primary N) is 1. The lowest BCUT2D eigenvalue weighted by Gasteiger charge is -2.36. The zero-order valence-electron chi connectivity index (χ0n) is 44.7. The fourth-order valence-corrected chi connectivity index (χ4v) is 10.3. The van der Waals surface area contributed by atoms with Crippen molar-refractivity contribution < 1.29 is 59.6 Å². The van der Waals surface area contributed by atoms with Crippen LogP contribution in [0.1, 0.15) is 63.1 Å². The average Bonchev–Trinajstić information content (AvgIpc) is 4.36. The summed E-state index contributed by atoms with van der Waals surface area (Å²) in [5.74, 6) is 1.44. The molecule has 4 fully saturated rings. The van der Waals surface area contributed by atoms with Crippen LogP contribution in [0.4, 0.5) is 65.5 Å². The summed E-state index contributed by atoms with van der Waals surface area (Å²) in [6.07, 6.45) is -1.16. The first-order valence-corrected chi connectivity index (χ1v) is 26.0. The van der Waals surface area contributed by atoms with E-state index in [4.69, 9.17) is 34.2 Å². The van der Waals surface area contributed by atoms with Crippen molar-refractivity contribution >= 4 is 40.4 Å². The van der Waals surface area contributed by atoms with Gasteiger partial charge in [-0.3, -0.25) is 14.9 Å². The number of alkyl halides is 6. The molecular weight excluding hydrogens is 1050 g/mol. The van der Waals surface area contributed by atoms with Gasteiger partial charge in [0.2, 0.25) is 0 Å². The molecule has 6 aliphatic heterocycles. The molecule has 0 radical (unpaired) electrons. The molecule has 25 heteroatoms. The van der Waals surface area contributed by atoms with Crippen LogP contribution < -0.4 is 40.5 Å². The second-order valence-electron chi connectivity index (χ2n) is 20.9. The number of nitrogens with zero attached hydrogens (tertiary/aromatic N) is 9. The summed E-state index contributed by atoms with van der Waals surface area (Å²) in [6, 6.07) is 13.2. The molecule has 424 valence electrons. The Morgan fingerprint density at radius 2 is 1.26 bits per heavy atom. The fraction of sp³-hybridized carbons (Fsp3) is 0.436. The van der Waals surface area contributed by atoms with Gasteiger partial charge < -0.3 is 54.6 Å². The molecule has 4 N–H and O–H groups in total. The maximum Gasteiger partial charge on any atom is 0.416 e. The predicted molar refractivity (Wildman–Crippen MR) is 284 cm³/mol. The van der Waals surface area contributed by atoms with Crippen LogP contribution in [-0.2, 0) is 31.3 Å². The monoisotopic (exact) mass is 1110 g/mol. The van der Waals surface area contributed by atoms with E-state index in [0.29, 0.717) is 96.8 Å². The molecule has 4 aromatic heterocycles. The van der Waals surface area contributed by atoms with E-state index in [-0.39, 0.29) is 36.2 Å². The number of benzene rings is 2. The molecule has 0 aliphatic carbocycles. The number of ether oxygens (including phenoxy) is 6. The summed E-state index contributed by atoms with van der Waals surface area (Å²) in [5.41, 5.74) is 8.73. The van der Waals surface area contributed by atoms with Crippen molar-refractivity contribution in [3.05, 3.63) is 108 Å². The molecule has 2 aromatic carbocycles. The minimum Gasteiger partial charge on any atom is -0.489 e. The lowest BCUT2D eigenvalue weighted by Crippen LogP contribution is -2.48. The maximum absolute atomic E-state index is 13.7. The summed E-state index contributed by atoms with van der Waals surface area (Å²) in [7, 11) is 0. The van der Waals surface area contributed by atoms with Crippen LogP contribution in [0.2, 0.25) is 0 Å². The van der Waals surface area contributed by atoms with Crippen molar-refractivity contribution in [1.29, 1.82) is 0 Å². The summed E-state index contributed by atoms with van der Waals surface area (Å²) in [6.45, 7) is 15.9. The highest BCUT2D eigenvalue weighted by Gasteiger charge is 2.43. The number of hydrogen-bond acceptors (Lipinski definition) is 17. The molecule has 4 saturated heterocycles. The van der Waals surface area contributed by atoms with Gasteiger partial charge in [-0.15, -0.1) is 0 Å². The Kier molecular flexibility index (Phi) is 15.4. The van der Waals surface area contributed by atoms with Gasteiger partial charge in [0.15, 0.2) is 34.9 Å². The number of aryl methyl sites for hydroxylation is 2. The van der Waals surface area contributed by atoms with E-state index in [1.165, 1.54) is 24.4 Å². The van der Waals surface area contributed by atoms with Crippen LogP contribution in [0.25, 0.3) is 22.8 Å². The Hall–Kier alpha value is -7.61. The molecule has 10 heterocycles. The number of carbonyl (C=O) groups is 1. The number of carbonyl (C=O) groups excluding carboxylic acids is 1. The fourth-order valence-electron chi connectivity index (χ4n) is 10.3. The molecule has 0 spiro atoms. The third-order valence-electron chi connectivity index (χ3n) is 13.8. The SMILES string of the molecule is CC1(C)OC[C@@H](COc2cncc(N)c2)O1.Cc1nc(-c2cccc(C(F)(F)F)c2)nc2c1N1CC[C@@H](C1)N2.Cc1nc(-c2cccc(C(F)(F)F)c2)nc2c1N1CC[C@@H](C1)N2C(=O)Nc1cncc(OC[C@@H]2COC(C)(C)O2)c1. The molecule has 0 saturated carbocycles. The van der Waals surface area contributed by atoms with Crippen molar-refractivity contribution in [3.8, 4) is 34.3 Å². The number of anilines is 6. The zero-order chi connectivity index (χ0) is 56.7. The predicted octanol–water partition coefficient (Wildman–Crippen LogP) is 9.70. The minimum absolute atomic E-state index is 0.0450. The third-order valence-corrected chi connectivity index (χ3v) is 13.8. The number of urea groups is 1. The highest BCUT2D eigenvalue weighted by Crippen LogP contribution is 2.43. The molecule has 2 amide bonds. The number of halogens is 6. The van der Waals surface area contributed by atoms with Crippen LogP contribution in [0.5, 0.6) is 11.5 Å². The third kappa shape index (κ3) is 12.9. The van der Waals surface area contributed by atoms with Crippen LogP contribution in [0.15, 0.2) is 85.5 Å². The molecule has 80 heavy (non-hydrogen) atoms. The number of nitrogen functional groups attached to an aromatic ring is 1. The van der Waals surface area contributed by atoms with E-state index in [1.54, 1.807) is 48.6 Å². The average molecular weight is 1120 g/mol. The van der Waals surface area contributed by atoms with Gasteiger partial charge in [0.1, 0.15) is 48.3 Å². The van der Waals surface area contributed by atoms with E-state index in [1.807, 2.05) is 34.6 Å². The highest BCUT2D eigenvalue weighted by molar-refractivity contribution is 6.05. The van der Waals surface area contributed by atoms with Crippen LogP contribution >= 0.6 is 0 Å². The number of hydrogen-bond donors (Lipinski definition) is 3. The largest absolute Gasteiger partial charge is 0.489 e. The molecule has 4 bridgehead atoms. The van der Waals surface area contributed by atoms with Crippen molar-refractivity contribution in [1.82, 2.24) is 29.9 Å². The summed E-state index contributed by atoms with van der Waals surface area (Å²) < 4.78 is 112. The van der Waals surface area contributed by atoms with Crippen molar-refractivity contribution in [2.24, 2.45) is 0 Å². The molecule has 19 nitrogen and oxygen atoms in total. The summed E-state index contributed by atoms with van der Waals surface area (Å²) in [4.78, 5) is 45.8. The van der Waals surface area contributed by atoms with Gasteiger partial charge in [-0.1, -0.05) is 24.3 Å². The van der Waals surface area contributed by atoms with Crippen molar-refractivity contribution in [2.45, 2.75) is 103 Å². The van der Waals surface area contributed by atoms with E-state index < -0.39 is 41.1 Å². The second-order valence-corrected chi connectivity index (χ2v) is 20.9. The summed E-state index contributed by atoms with van der Waals surface area (Å²) in [5, 5.41) is 6.25. The maximum atomic E-state index is 13.7. The Labute approximate surface area is 457 Å². The van der Waals surface area contributed by atoms with Gasteiger partial charge in [-0.25, -0.2) is 24.7 Å². The number of pyridine rings is 2. The van der Waals surface area contributed by atoms with Crippen molar-refractivity contribution in [2.75, 3.05) is 83.7 Å². The molecule has 0 unspecified atom stereocenters. The highest BCUT2D eigenvalue weighted by atomic mass is 19.4. The second kappa shape index (κ2) is 22.1. The Bertz CT molecular complexity index is 3240. The first-order chi connectivity index (χ1) is 37.9. The number of rotatable bonds is 9. The number of fused-ring (bicyclic) bond motifs is 8. The van der Waals surface area contributed by atoms with E-state index in [0.717, 1.165) is 61.0 Å². The first kappa shape index (κ1) is 55.7. The lowest BCUT2D eigenvalue weighted by atomic mass is 10.1. The van der Waals surface area contributed by atoms with Gasteiger partial charge in [-0.2, -0.15) is 26.3 Å². The lowest BCUT2D eigenvalue weighted by molar-refractivity contribution is -0.141. The van der Waals surface area contributed by atoms with E-state index in [9.17, 15) is 31.1 Å². The number of amides is 2. The Balaban J connectivity index is 0.000000154.